The first-order valence-corrected chi connectivity index (χ1v) is 8.73. The van der Waals surface area contributed by atoms with Crippen LogP contribution in [0.3, 0.4) is 0 Å². The number of piperidine rings is 1. The first-order valence-electron chi connectivity index (χ1n) is 8.73. The first-order chi connectivity index (χ1) is 10.9. The maximum absolute atomic E-state index is 12.4. The average Bonchev–Trinajstić information content (AvgIpc) is 2.95. The summed E-state index contributed by atoms with van der Waals surface area (Å²) in [6.07, 6.45) is 2.84. The minimum atomic E-state index is -0.445. The van der Waals surface area contributed by atoms with Gasteiger partial charge >= 0.3 is 0 Å². The number of carbonyl (C=O) groups excluding carboxylic acids is 2. The molecular weight excluding hydrogens is 296 g/mol. The number of amides is 2. The van der Waals surface area contributed by atoms with E-state index < -0.39 is 5.79 Å². The molecule has 0 unspecified atom stereocenters. The van der Waals surface area contributed by atoms with Crippen molar-refractivity contribution < 1.29 is 19.1 Å². The summed E-state index contributed by atoms with van der Waals surface area (Å²) in [5.74, 6) is 0.272. The highest BCUT2D eigenvalue weighted by molar-refractivity contribution is 5.78. The Morgan fingerprint density at radius 3 is 2.26 bits per heavy atom. The molecule has 132 valence electrons. The lowest BCUT2D eigenvalue weighted by atomic mass is 10.0. The highest BCUT2D eigenvalue weighted by Crippen LogP contribution is 2.31. The minimum absolute atomic E-state index is 0.0452. The molecule has 2 fully saturated rings. The van der Waals surface area contributed by atoms with Crippen LogP contribution in [0.2, 0.25) is 0 Å². The normalized spacial score (nSPS) is 20.3. The van der Waals surface area contributed by atoms with Crippen molar-refractivity contribution in [1.29, 1.82) is 0 Å². The first kappa shape index (κ1) is 18.2. The fraction of sp³-hybridized carbons (Fsp3) is 0.882. The van der Waals surface area contributed by atoms with Gasteiger partial charge in [0, 0.05) is 52.4 Å². The Bertz CT molecular complexity index is 409. The molecule has 0 radical (unpaired) electrons. The summed E-state index contributed by atoms with van der Waals surface area (Å²) in [6.45, 7) is 9.73. The van der Waals surface area contributed by atoms with E-state index in [2.05, 4.69) is 13.8 Å². The molecule has 0 saturated carbocycles. The van der Waals surface area contributed by atoms with E-state index in [0.717, 1.165) is 25.8 Å². The fourth-order valence-electron chi connectivity index (χ4n) is 3.11. The van der Waals surface area contributed by atoms with Crippen LogP contribution in [0.1, 0.15) is 46.5 Å². The van der Waals surface area contributed by atoms with Gasteiger partial charge in [0.15, 0.2) is 5.79 Å². The fourth-order valence-corrected chi connectivity index (χ4v) is 3.11. The van der Waals surface area contributed by atoms with E-state index in [1.54, 1.807) is 11.8 Å². The lowest BCUT2D eigenvalue weighted by Crippen LogP contribution is -2.48. The van der Waals surface area contributed by atoms with Crippen LogP contribution >= 0.6 is 0 Å². The third-order valence-electron chi connectivity index (χ3n) is 4.71. The van der Waals surface area contributed by atoms with Crippen molar-refractivity contribution in [2.24, 2.45) is 5.92 Å². The van der Waals surface area contributed by atoms with Crippen LogP contribution in [0, 0.1) is 5.92 Å². The molecule has 6 nitrogen and oxygen atoms in total. The highest BCUT2D eigenvalue weighted by Gasteiger charge is 2.40. The molecule has 0 aromatic heterocycles. The van der Waals surface area contributed by atoms with Crippen molar-refractivity contribution in [2.75, 3.05) is 39.4 Å². The molecule has 2 saturated heterocycles. The zero-order chi connectivity index (χ0) is 16.9. The summed E-state index contributed by atoms with van der Waals surface area (Å²) < 4.78 is 11.4. The molecule has 0 aliphatic carbocycles. The van der Waals surface area contributed by atoms with Crippen molar-refractivity contribution in [3.63, 3.8) is 0 Å². The van der Waals surface area contributed by atoms with Gasteiger partial charge in [0.05, 0.1) is 13.2 Å². The topological polar surface area (TPSA) is 59.1 Å². The zero-order valence-electron chi connectivity index (χ0n) is 14.7. The number of rotatable bonds is 6. The summed E-state index contributed by atoms with van der Waals surface area (Å²) in [5, 5.41) is 0. The summed E-state index contributed by atoms with van der Waals surface area (Å²) in [7, 11) is 0. The number of likely N-dealkylation sites (tertiary alicyclic amines) is 1. The van der Waals surface area contributed by atoms with Gasteiger partial charge in [-0.15, -0.1) is 0 Å². The lowest BCUT2D eigenvalue weighted by molar-refractivity contribution is -0.187. The van der Waals surface area contributed by atoms with Gasteiger partial charge in [-0.05, 0) is 12.3 Å². The van der Waals surface area contributed by atoms with Crippen molar-refractivity contribution in [1.82, 2.24) is 9.80 Å². The second kappa shape index (κ2) is 8.11. The van der Waals surface area contributed by atoms with E-state index >= 15 is 0 Å². The van der Waals surface area contributed by atoms with Gasteiger partial charge < -0.3 is 19.3 Å². The van der Waals surface area contributed by atoms with Gasteiger partial charge in [0.2, 0.25) is 11.8 Å². The number of hydrogen-bond acceptors (Lipinski definition) is 4. The average molecular weight is 326 g/mol. The van der Waals surface area contributed by atoms with Gasteiger partial charge in [-0.25, -0.2) is 0 Å². The Labute approximate surface area is 139 Å². The molecule has 2 amide bonds. The molecule has 1 spiro atoms. The summed E-state index contributed by atoms with van der Waals surface area (Å²) in [6, 6.07) is 0. The van der Waals surface area contributed by atoms with Crippen molar-refractivity contribution in [3.8, 4) is 0 Å². The Kier molecular flexibility index (Phi) is 6.41. The van der Waals surface area contributed by atoms with Gasteiger partial charge in [-0.1, -0.05) is 13.8 Å². The van der Waals surface area contributed by atoms with Crippen LogP contribution in [0.5, 0.6) is 0 Å². The van der Waals surface area contributed by atoms with Gasteiger partial charge in [-0.2, -0.15) is 0 Å². The van der Waals surface area contributed by atoms with Crippen LogP contribution in [0.25, 0.3) is 0 Å². The second-order valence-corrected chi connectivity index (χ2v) is 6.93. The molecular formula is C17H30N2O4. The van der Waals surface area contributed by atoms with E-state index in [9.17, 15) is 9.59 Å². The number of hydrogen-bond donors (Lipinski definition) is 0. The molecule has 2 aliphatic heterocycles. The number of nitrogens with zero attached hydrogens (tertiary/aromatic N) is 2. The SMILES string of the molecule is CC(=O)N(CCC(=O)N1CCC2(CC1)OCCO2)CCC(C)C. The largest absolute Gasteiger partial charge is 0.347 e. The van der Waals surface area contributed by atoms with Gasteiger partial charge in [0.1, 0.15) is 0 Å². The molecule has 0 atom stereocenters. The highest BCUT2D eigenvalue weighted by atomic mass is 16.7. The molecule has 2 rings (SSSR count). The monoisotopic (exact) mass is 326 g/mol. The van der Waals surface area contributed by atoms with Gasteiger partial charge in [0.25, 0.3) is 0 Å². The van der Waals surface area contributed by atoms with Crippen LogP contribution in [0.4, 0.5) is 0 Å². The Hall–Kier alpha value is -1.14. The Morgan fingerprint density at radius 2 is 1.74 bits per heavy atom. The van der Waals surface area contributed by atoms with Crippen LogP contribution in [-0.2, 0) is 19.1 Å². The molecule has 0 bridgehead atoms. The maximum Gasteiger partial charge on any atom is 0.224 e. The summed E-state index contributed by atoms with van der Waals surface area (Å²) in [5.41, 5.74) is 0. The molecule has 2 aliphatic rings. The number of carbonyl (C=O) groups is 2. The van der Waals surface area contributed by atoms with Crippen LogP contribution in [0.15, 0.2) is 0 Å². The standard InChI is InChI=1S/C17H30N2O4/c1-14(2)4-8-18(15(3)20)9-5-16(21)19-10-6-17(7-11-19)22-12-13-23-17/h14H,4-13H2,1-3H3. The minimum Gasteiger partial charge on any atom is -0.347 e. The molecule has 0 N–H and O–H groups in total. The van der Waals surface area contributed by atoms with Gasteiger partial charge in [-0.3, -0.25) is 9.59 Å². The van der Waals surface area contributed by atoms with E-state index in [1.165, 1.54) is 0 Å². The molecule has 6 heteroatoms. The predicted molar refractivity (Wildman–Crippen MR) is 86.8 cm³/mol. The summed E-state index contributed by atoms with van der Waals surface area (Å²) in [4.78, 5) is 27.7. The third kappa shape index (κ3) is 5.18. The van der Waals surface area contributed by atoms with Crippen molar-refractivity contribution in [2.45, 2.75) is 52.2 Å². The van der Waals surface area contributed by atoms with E-state index in [-0.39, 0.29) is 11.8 Å². The molecule has 0 aromatic rings. The van der Waals surface area contributed by atoms with E-state index in [0.29, 0.717) is 45.2 Å². The third-order valence-corrected chi connectivity index (χ3v) is 4.71. The predicted octanol–water partition coefficient (Wildman–Crippen LogP) is 1.64. The molecule has 23 heavy (non-hydrogen) atoms. The zero-order valence-corrected chi connectivity index (χ0v) is 14.7. The summed E-state index contributed by atoms with van der Waals surface area (Å²) >= 11 is 0. The van der Waals surface area contributed by atoms with E-state index in [1.807, 2.05) is 4.90 Å². The molecule has 0 aromatic carbocycles. The Balaban J connectivity index is 1.74. The quantitative estimate of drug-likeness (QED) is 0.744. The second-order valence-electron chi connectivity index (χ2n) is 6.93. The van der Waals surface area contributed by atoms with Crippen LogP contribution < -0.4 is 0 Å². The molecule has 2 heterocycles. The maximum atomic E-state index is 12.4. The van der Waals surface area contributed by atoms with E-state index in [4.69, 9.17) is 9.47 Å². The number of ether oxygens (including phenoxy) is 2. The smallest absolute Gasteiger partial charge is 0.224 e. The van der Waals surface area contributed by atoms with Crippen LogP contribution in [-0.4, -0.2) is 66.8 Å². The van der Waals surface area contributed by atoms with Crippen molar-refractivity contribution in [3.05, 3.63) is 0 Å². The lowest BCUT2D eigenvalue weighted by Gasteiger charge is -2.37. The Morgan fingerprint density at radius 1 is 1.13 bits per heavy atom. The van der Waals surface area contributed by atoms with Crippen molar-refractivity contribution >= 4 is 11.8 Å².